The first-order chi connectivity index (χ1) is 7.33. The topological polar surface area (TPSA) is 55.0 Å². The molecule has 1 saturated carbocycles. The van der Waals surface area contributed by atoms with Crippen molar-refractivity contribution >= 4 is 11.6 Å². The van der Waals surface area contributed by atoms with Gasteiger partial charge in [0.15, 0.2) is 11.6 Å². The van der Waals surface area contributed by atoms with Crippen molar-refractivity contribution in [3.8, 4) is 0 Å². The lowest BCUT2D eigenvalue weighted by Gasteiger charge is -2.29. The molecule has 0 saturated heterocycles. The standard InChI is InChI=1S/C11H18N4/c1-2-15(9-5-3-4-6-9)11-10(12)13-7-8-14-11/h7-9H,2-6H2,1H3,(H2,12,13). The number of aromatic nitrogens is 2. The largest absolute Gasteiger partial charge is 0.381 e. The van der Waals surface area contributed by atoms with Crippen LogP contribution in [0.2, 0.25) is 0 Å². The molecular formula is C11H18N4. The Kier molecular flexibility index (Phi) is 3.04. The van der Waals surface area contributed by atoms with Gasteiger partial charge in [-0.25, -0.2) is 9.97 Å². The number of nitrogen functional groups attached to an aromatic ring is 1. The highest BCUT2D eigenvalue weighted by Gasteiger charge is 2.23. The first-order valence-electron chi connectivity index (χ1n) is 5.66. The lowest BCUT2D eigenvalue weighted by atomic mass is 10.2. The van der Waals surface area contributed by atoms with E-state index < -0.39 is 0 Å². The summed E-state index contributed by atoms with van der Waals surface area (Å²) in [6, 6.07) is 0.606. The molecule has 1 aliphatic rings. The van der Waals surface area contributed by atoms with E-state index in [1.165, 1.54) is 25.7 Å². The van der Waals surface area contributed by atoms with Crippen molar-refractivity contribution < 1.29 is 0 Å². The molecule has 4 heteroatoms. The van der Waals surface area contributed by atoms with Crippen molar-refractivity contribution in [3.05, 3.63) is 12.4 Å². The predicted molar refractivity (Wildman–Crippen MR) is 61.7 cm³/mol. The third-order valence-corrected chi connectivity index (χ3v) is 3.08. The van der Waals surface area contributed by atoms with Crippen LogP contribution in [0.4, 0.5) is 11.6 Å². The van der Waals surface area contributed by atoms with E-state index >= 15 is 0 Å². The maximum Gasteiger partial charge on any atom is 0.171 e. The van der Waals surface area contributed by atoms with E-state index in [9.17, 15) is 0 Å². The Balaban J connectivity index is 2.22. The zero-order valence-electron chi connectivity index (χ0n) is 9.19. The summed E-state index contributed by atoms with van der Waals surface area (Å²) in [5, 5.41) is 0. The van der Waals surface area contributed by atoms with E-state index in [-0.39, 0.29) is 0 Å². The van der Waals surface area contributed by atoms with Crippen LogP contribution in [0.25, 0.3) is 0 Å². The molecule has 1 aliphatic carbocycles. The fourth-order valence-electron chi connectivity index (χ4n) is 2.36. The molecule has 82 valence electrons. The fourth-order valence-corrected chi connectivity index (χ4v) is 2.36. The first kappa shape index (κ1) is 10.2. The number of hydrogen-bond acceptors (Lipinski definition) is 4. The molecule has 0 amide bonds. The zero-order valence-corrected chi connectivity index (χ0v) is 9.19. The van der Waals surface area contributed by atoms with Gasteiger partial charge < -0.3 is 10.6 Å². The van der Waals surface area contributed by atoms with Crippen molar-refractivity contribution in [1.29, 1.82) is 0 Å². The molecule has 0 spiro atoms. The van der Waals surface area contributed by atoms with Gasteiger partial charge in [-0.3, -0.25) is 0 Å². The third kappa shape index (κ3) is 2.03. The van der Waals surface area contributed by atoms with Gasteiger partial charge in [0.2, 0.25) is 0 Å². The van der Waals surface area contributed by atoms with Crippen molar-refractivity contribution in [1.82, 2.24) is 9.97 Å². The van der Waals surface area contributed by atoms with Crippen molar-refractivity contribution in [2.75, 3.05) is 17.2 Å². The average molecular weight is 206 g/mol. The Bertz CT molecular complexity index is 320. The van der Waals surface area contributed by atoms with E-state index in [0.29, 0.717) is 11.9 Å². The monoisotopic (exact) mass is 206 g/mol. The van der Waals surface area contributed by atoms with Gasteiger partial charge in [0.25, 0.3) is 0 Å². The summed E-state index contributed by atoms with van der Waals surface area (Å²) < 4.78 is 0. The first-order valence-corrected chi connectivity index (χ1v) is 5.66. The summed E-state index contributed by atoms with van der Waals surface area (Å²) in [5.41, 5.74) is 5.85. The van der Waals surface area contributed by atoms with Gasteiger partial charge >= 0.3 is 0 Å². The van der Waals surface area contributed by atoms with Crippen LogP contribution in [-0.4, -0.2) is 22.6 Å². The van der Waals surface area contributed by atoms with E-state index in [4.69, 9.17) is 5.73 Å². The second-order valence-electron chi connectivity index (χ2n) is 3.99. The second kappa shape index (κ2) is 4.47. The van der Waals surface area contributed by atoms with Crippen molar-refractivity contribution in [2.24, 2.45) is 0 Å². The van der Waals surface area contributed by atoms with Crippen LogP contribution >= 0.6 is 0 Å². The molecule has 0 bridgehead atoms. The van der Waals surface area contributed by atoms with Crippen LogP contribution in [-0.2, 0) is 0 Å². The number of anilines is 2. The van der Waals surface area contributed by atoms with Crippen molar-refractivity contribution in [3.63, 3.8) is 0 Å². The van der Waals surface area contributed by atoms with Gasteiger partial charge in [-0.05, 0) is 19.8 Å². The Labute approximate surface area is 90.5 Å². The Morgan fingerprint density at radius 2 is 2.00 bits per heavy atom. The lowest BCUT2D eigenvalue weighted by molar-refractivity contribution is 0.613. The molecule has 0 aromatic carbocycles. The number of hydrogen-bond donors (Lipinski definition) is 1. The summed E-state index contributed by atoms with van der Waals surface area (Å²) in [4.78, 5) is 10.7. The summed E-state index contributed by atoms with van der Waals surface area (Å²) >= 11 is 0. The quantitative estimate of drug-likeness (QED) is 0.819. The van der Waals surface area contributed by atoms with Gasteiger partial charge in [0, 0.05) is 25.0 Å². The van der Waals surface area contributed by atoms with Crippen LogP contribution in [0.3, 0.4) is 0 Å². The third-order valence-electron chi connectivity index (χ3n) is 3.08. The number of rotatable bonds is 3. The summed E-state index contributed by atoms with van der Waals surface area (Å²) in [5.74, 6) is 1.40. The molecule has 0 aliphatic heterocycles. The molecule has 4 nitrogen and oxygen atoms in total. The van der Waals surface area contributed by atoms with Crippen LogP contribution in [0, 0.1) is 0 Å². The highest BCUT2D eigenvalue weighted by atomic mass is 15.2. The van der Waals surface area contributed by atoms with Crippen LogP contribution < -0.4 is 10.6 Å². The fraction of sp³-hybridized carbons (Fsp3) is 0.636. The van der Waals surface area contributed by atoms with Gasteiger partial charge in [0.1, 0.15) is 0 Å². The highest BCUT2D eigenvalue weighted by Crippen LogP contribution is 2.28. The van der Waals surface area contributed by atoms with Crippen LogP contribution in [0.1, 0.15) is 32.6 Å². The Hall–Kier alpha value is -1.32. The van der Waals surface area contributed by atoms with Gasteiger partial charge in [-0.15, -0.1) is 0 Å². The predicted octanol–water partition coefficient (Wildman–Crippen LogP) is 1.83. The minimum Gasteiger partial charge on any atom is -0.381 e. The maximum atomic E-state index is 5.85. The number of nitrogens with zero attached hydrogens (tertiary/aromatic N) is 3. The molecule has 0 radical (unpaired) electrons. The molecule has 1 aromatic rings. The summed E-state index contributed by atoms with van der Waals surface area (Å²) in [6.45, 7) is 3.10. The Morgan fingerprint density at radius 3 is 2.60 bits per heavy atom. The molecule has 2 rings (SSSR count). The van der Waals surface area contributed by atoms with Gasteiger partial charge in [-0.2, -0.15) is 0 Å². The van der Waals surface area contributed by atoms with E-state index in [1.54, 1.807) is 12.4 Å². The highest BCUT2D eigenvalue weighted by molar-refractivity contribution is 5.57. The molecule has 0 atom stereocenters. The molecule has 1 fully saturated rings. The number of nitrogens with two attached hydrogens (primary N) is 1. The van der Waals surface area contributed by atoms with E-state index in [2.05, 4.69) is 21.8 Å². The summed E-state index contributed by atoms with van der Waals surface area (Å²) in [6.07, 6.45) is 8.50. The molecule has 0 unspecified atom stereocenters. The van der Waals surface area contributed by atoms with E-state index in [0.717, 1.165) is 12.4 Å². The minimum absolute atomic E-state index is 0.547. The van der Waals surface area contributed by atoms with Gasteiger partial charge in [0.05, 0.1) is 0 Å². The molecular weight excluding hydrogens is 188 g/mol. The van der Waals surface area contributed by atoms with Gasteiger partial charge in [-0.1, -0.05) is 12.8 Å². The van der Waals surface area contributed by atoms with Crippen molar-refractivity contribution in [2.45, 2.75) is 38.6 Å². The SMILES string of the molecule is CCN(c1nccnc1N)C1CCCC1. The average Bonchev–Trinajstić information content (AvgIpc) is 2.75. The zero-order chi connectivity index (χ0) is 10.7. The molecule has 2 N–H and O–H groups in total. The smallest absolute Gasteiger partial charge is 0.171 e. The van der Waals surface area contributed by atoms with E-state index in [1.807, 2.05) is 0 Å². The molecule has 15 heavy (non-hydrogen) atoms. The van der Waals surface area contributed by atoms with Crippen LogP contribution in [0.15, 0.2) is 12.4 Å². The maximum absolute atomic E-state index is 5.85. The minimum atomic E-state index is 0.547. The van der Waals surface area contributed by atoms with Crippen LogP contribution in [0.5, 0.6) is 0 Å². The lowest BCUT2D eigenvalue weighted by Crippen LogP contribution is -2.34. The summed E-state index contributed by atoms with van der Waals surface area (Å²) in [7, 11) is 0. The molecule has 1 aromatic heterocycles. The normalized spacial score (nSPS) is 16.9. The Morgan fingerprint density at radius 1 is 1.33 bits per heavy atom. The second-order valence-corrected chi connectivity index (χ2v) is 3.99. The molecule has 1 heterocycles.